The summed E-state index contributed by atoms with van der Waals surface area (Å²) in [5, 5.41) is 4.01. The number of nitrogens with one attached hydrogen (secondary N) is 1. The number of hydrogen-bond donors (Lipinski definition) is 1. The van der Waals surface area contributed by atoms with Gasteiger partial charge >= 0.3 is 0 Å². The molecule has 0 aliphatic carbocycles. The maximum absolute atomic E-state index is 5.97. The van der Waals surface area contributed by atoms with E-state index in [1.165, 1.54) is 25.9 Å². The molecule has 0 aromatic carbocycles. The Hall–Kier alpha value is -0.640. The van der Waals surface area contributed by atoms with E-state index >= 15 is 0 Å². The van der Waals surface area contributed by atoms with E-state index in [2.05, 4.69) is 15.2 Å². The van der Waals surface area contributed by atoms with E-state index in [9.17, 15) is 0 Å². The zero-order valence-corrected chi connectivity index (χ0v) is 10.2. The molecule has 0 atom stereocenters. The molecule has 88 valence electrons. The second kappa shape index (κ2) is 6.18. The van der Waals surface area contributed by atoms with Gasteiger partial charge in [-0.25, -0.2) is 4.98 Å². The molecule has 1 aromatic heterocycles. The predicted octanol–water partition coefficient (Wildman–Crippen LogP) is 1.92. The first kappa shape index (κ1) is 11.8. The van der Waals surface area contributed by atoms with Gasteiger partial charge in [0.05, 0.1) is 0 Å². The minimum absolute atomic E-state index is 0.608. The fraction of sp³-hybridized carbons (Fsp3) is 0.583. The fourth-order valence-corrected chi connectivity index (χ4v) is 2.20. The van der Waals surface area contributed by atoms with Crippen molar-refractivity contribution in [1.29, 1.82) is 0 Å². The minimum Gasteiger partial charge on any atom is -0.311 e. The number of pyridine rings is 1. The fourth-order valence-electron chi connectivity index (χ4n) is 2.02. The Labute approximate surface area is 102 Å². The number of nitrogens with zero attached hydrogens (tertiary/aromatic N) is 2. The van der Waals surface area contributed by atoms with Crippen molar-refractivity contribution in [2.75, 3.05) is 26.2 Å². The van der Waals surface area contributed by atoms with Gasteiger partial charge in [0.2, 0.25) is 0 Å². The molecule has 0 saturated carbocycles. The topological polar surface area (TPSA) is 28.2 Å². The van der Waals surface area contributed by atoms with Crippen LogP contribution in [0.15, 0.2) is 18.3 Å². The summed E-state index contributed by atoms with van der Waals surface area (Å²) in [7, 11) is 0. The Bertz CT molecular complexity index is 324. The van der Waals surface area contributed by atoms with Crippen LogP contribution >= 0.6 is 11.6 Å². The second-order valence-electron chi connectivity index (χ2n) is 4.18. The molecule has 1 aliphatic rings. The molecule has 0 unspecified atom stereocenters. The van der Waals surface area contributed by atoms with Crippen molar-refractivity contribution in [3.63, 3.8) is 0 Å². The Morgan fingerprint density at radius 3 is 2.94 bits per heavy atom. The highest BCUT2D eigenvalue weighted by Gasteiger charge is 2.10. The van der Waals surface area contributed by atoms with Gasteiger partial charge in [0.1, 0.15) is 5.15 Å². The van der Waals surface area contributed by atoms with Crippen LogP contribution < -0.4 is 5.32 Å². The molecule has 0 amide bonds. The van der Waals surface area contributed by atoms with Crippen molar-refractivity contribution in [3.8, 4) is 0 Å². The van der Waals surface area contributed by atoms with Crippen molar-refractivity contribution in [1.82, 2.24) is 15.2 Å². The third-order valence-corrected chi connectivity index (χ3v) is 3.30. The molecule has 1 saturated heterocycles. The highest BCUT2D eigenvalue weighted by Crippen LogP contribution is 2.10. The van der Waals surface area contributed by atoms with Crippen LogP contribution in [-0.4, -0.2) is 36.1 Å². The standard InChI is InChI=1S/C12H18ClN3/c13-12-11(4-3-5-15-12)10-14-6-9-16-7-1-2-8-16/h3-5,14H,1-2,6-10H2. The lowest BCUT2D eigenvalue weighted by molar-refractivity contribution is 0.335. The second-order valence-corrected chi connectivity index (χ2v) is 4.54. The molecule has 2 rings (SSSR count). The van der Waals surface area contributed by atoms with Crippen LogP contribution in [0.1, 0.15) is 18.4 Å². The molecule has 1 aromatic rings. The Balaban J connectivity index is 1.66. The SMILES string of the molecule is Clc1ncccc1CNCCN1CCCC1. The van der Waals surface area contributed by atoms with Gasteiger partial charge in [-0.2, -0.15) is 0 Å². The number of halogens is 1. The van der Waals surface area contributed by atoms with E-state index < -0.39 is 0 Å². The number of hydrogen-bond acceptors (Lipinski definition) is 3. The van der Waals surface area contributed by atoms with Crippen LogP contribution in [0.25, 0.3) is 0 Å². The van der Waals surface area contributed by atoms with Gasteiger partial charge in [0, 0.05) is 31.4 Å². The summed E-state index contributed by atoms with van der Waals surface area (Å²) in [6.07, 6.45) is 4.43. The lowest BCUT2D eigenvalue weighted by atomic mass is 10.3. The Morgan fingerprint density at radius 2 is 2.19 bits per heavy atom. The van der Waals surface area contributed by atoms with Crippen molar-refractivity contribution >= 4 is 11.6 Å². The number of likely N-dealkylation sites (tertiary alicyclic amines) is 1. The highest BCUT2D eigenvalue weighted by molar-refractivity contribution is 6.30. The summed E-state index contributed by atoms with van der Waals surface area (Å²) in [5.41, 5.74) is 1.07. The molecule has 1 fully saturated rings. The molecule has 0 bridgehead atoms. The number of aromatic nitrogens is 1. The van der Waals surface area contributed by atoms with E-state index in [-0.39, 0.29) is 0 Å². The molecular weight excluding hydrogens is 222 g/mol. The van der Waals surface area contributed by atoms with Gasteiger partial charge in [-0.3, -0.25) is 0 Å². The zero-order valence-electron chi connectivity index (χ0n) is 9.45. The quantitative estimate of drug-likeness (QED) is 0.629. The van der Waals surface area contributed by atoms with E-state index in [0.29, 0.717) is 5.15 Å². The molecule has 2 heterocycles. The van der Waals surface area contributed by atoms with E-state index in [1.807, 2.05) is 12.1 Å². The average Bonchev–Trinajstić information content (AvgIpc) is 2.79. The lowest BCUT2D eigenvalue weighted by Gasteiger charge is -2.14. The summed E-state index contributed by atoms with van der Waals surface area (Å²) in [4.78, 5) is 6.55. The largest absolute Gasteiger partial charge is 0.311 e. The van der Waals surface area contributed by atoms with Crippen LogP contribution in [0.5, 0.6) is 0 Å². The maximum Gasteiger partial charge on any atom is 0.133 e. The summed E-state index contributed by atoms with van der Waals surface area (Å²) in [6, 6.07) is 3.93. The molecular formula is C12H18ClN3. The zero-order chi connectivity index (χ0) is 11.2. The summed E-state index contributed by atoms with van der Waals surface area (Å²) in [6.45, 7) is 5.48. The first-order valence-electron chi connectivity index (χ1n) is 5.89. The summed E-state index contributed by atoms with van der Waals surface area (Å²) >= 11 is 5.97. The van der Waals surface area contributed by atoms with Crippen molar-refractivity contribution < 1.29 is 0 Å². The highest BCUT2D eigenvalue weighted by atomic mass is 35.5. The Kier molecular flexibility index (Phi) is 4.57. The van der Waals surface area contributed by atoms with Crippen molar-refractivity contribution in [2.24, 2.45) is 0 Å². The lowest BCUT2D eigenvalue weighted by Crippen LogP contribution is -2.29. The molecule has 0 radical (unpaired) electrons. The van der Waals surface area contributed by atoms with E-state index in [0.717, 1.165) is 25.2 Å². The smallest absolute Gasteiger partial charge is 0.133 e. The van der Waals surface area contributed by atoms with Gasteiger partial charge in [-0.1, -0.05) is 17.7 Å². The van der Waals surface area contributed by atoms with Gasteiger partial charge in [0.25, 0.3) is 0 Å². The monoisotopic (exact) mass is 239 g/mol. The molecule has 4 heteroatoms. The van der Waals surface area contributed by atoms with Crippen LogP contribution in [0.4, 0.5) is 0 Å². The molecule has 3 nitrogen and oxygen atoms in total. The van der Waals surface area contributed by atoms with Gasteiger partial charge in [-0.15, -0.1) is 0 Å². The van der Waals surface area contributed by atoms with Crippen molar-refractivity contribution in [3.05, 3.63) is 29.0 Å². The predicted molar refractivity (Wildman–Crippen MR) is 66.6 cm³/mol. The third kappa shape index (κ3) is 3.44. The number of rotatable bonds is 5. The first-order chi connectivity index (χ1) is 7.86. The molecule has 16 heavy (non-hydrogen) atoms. The maximum atomic E-state index is 5.97. The first-order valence-corrected chi connectivity index (χ1v) is 6.26. The molecule has 1 N–H and O–H groups in total. The van der Waals surface area contributed by atoms with Gasteiger partial charge in [0.15, 0.2) is 0 Å². The summed E-state index contributed by atoms with van der Waals surface area (Å²) < 4.78 is 0. The van der Waals surface area contributed by atoms with Crippen LogP contribution in [0.2, 0.25) is 5.15 Å². The average molecular weight is 240 g/mol. The summed E-state index contributed by atoms with van der Waals surface area (Å²) in [5.74, 6) is 0. The molecule has 1 aliphatic heterocycles. The van der Waals surface area contributed by atoms with Gasteiger partial charge in [-0.05, 0) is 32.0 Å². The van der Waals surface area contributed by atoms with Crippen LogP contribution in [0.3, 0.4) is 0 Å². The van der Waals surface area contributed by atoms with Crippen LogP contribution in [0, 0.1) is 0 Å². The van der Waals surface area contributed by atoms with E-state index in [4.69, 9.17) is 11.6 Å². The molecule has 0 spiro atoms. The van der Waals surface area contributed by atoms with Crippen LogP contribution in [-0.2, 0) is 6.54 Å². The normalized spacial score (nSPS) is 16.8. The Morgan fingerprint density at radius 1 is 1.38 bits per heavy atom. The minimum atomic E-state index is 0.608. The van der Waals surface area contributed by atoms with Crippen molar-refractivity contribution in [2.45, 2.75) is 19.4 Å². The third-order valence-electron chi connectivity index (χ3n) is 2.96. The van der Waals surface area contributed by atoms with Gasteiger partial charge < -0.3 is 10.2 Å². The van der Waals surface area contributed by atoms with E-state index in [1.54, 1.807) is 6.20 Å².